The molecule has 28 heavy (non-hydrogen) atoms. The van der Waals surface area contributed by atoms with Crippen molar-refractivity contribution < 1.29 is 9.18 Å². The van der Waals surface area contributed by atoms with Crippen LogP contribution in [0.2, 0.25) is 0 Å². The van der Waals surface area contributed by atoms with Gasteiger partial charge in [0.1, 0.15) is 11.6 Å². The van der Waals surface area contributed by atoms with Crippen LogP contribution >= 0.6 is 0 Å². The van der Waals surface area contributed by atoms with Gasteiger partial charge in [-0.25, -0.2) is 14.4 Å². The molecular weight excluding hydrogens is 357 g/mol. The molecule has 1 aromatic carbocycles. The number of H-pyrrole nitrogens is 1. The lowest BCUT2D eigenvalue weighted by molar-refractivity contribution is 0.0705. The SMILES string of the molecule is CCc1ncc(C(=O)N2CCCC(c3[nH]ncc3-c3ccc(F)cc3)C2)cn1. The zero-order valence-electron chi connectivity index (χ0n) is 15.7. The second-order valence-corrected chi connectivity index (χ2v) is 7.04. The highest BCUT2D eigenvalue weighted by Crippen LogP contribution is 2.33. The molecule has 1 aliphatic heterocycles. The van der Waals surface area contributed by atoms with E-state index in [0.717, 1.165) is 41.9 Å². The average Bonchev–Trinajstić information content (AvgIpc) is 3.24. The summed E-state index contributed by atoms with van der Waals surface area (Å²) in [6, 6.07) is 6.40. The van der Waals surface area contributed by atoms with Gasteiger partial charge in [-0.1, -0.05) is 19.1 Å². The van der Waals surface area contributed by atoms with Crippen LogP contribution in [0.5, 0.6) is 0 Å². The number of amides is 1. The minimum atomic E-state index is -0.264. The molecule has 1 atom stereocenters. The van der Waals surface area contributed by atoms with E-state index in [-0.39, 0.29) is 17.6 Å². The Morgan fingerprint density at radius 1 is 1.21 bits per heavy atom. The number of benzene rings is 1. The number of carbonyl (C=O) groups is 1. The minimum absolute atomic E-state index is 0.0461. The largest absolute Gasteiger partial charge is 0.338 e. The Labute approximate surface area is 162 Å². The van der Waals surface area contributed by atoms with Crippen LogP contribution in [0.3, 0.4) is 0 Å². The number of rotatable bonds is 4. The Hall–Kier alpha value is -3.09. The van der Waals surface area contributed by atoms with Crippen LogP contribution in [0.4, 0.5) is 4.39 Å². The molecule has 7 heteroatoms. The summed E-state index contributed by atoms with van der Waals surface area (Å²) in [5.41, 5.74) is 3.37. The molecule has 1 saturated heterocycles. The molecule has 0 saturated carbocycles. The molecule has 0 bridgehead atoms. The highest BCUT2D eigenvalue weighted by Gasteiger charge is 2.28. The van der Waals surface area contributed by atoms with Crippen LogP contribution in [0.25, 0.3) is 11.1 Å². The smallest absolute Gasteiger partial charge is 0.257 e. The van der Waals surface area contributed by atoms with Gasteiger partial charge in [0, 0.05) is 49.1 Å². The molecule has 0 aliphatic carbocycles. The van der Waals surface area contributed by atoms with Crippen molar-refractivity contribution in [3.8, 4) is 11.1 Å². The standard InChI is InChI=1S/C21H22FN5O/c1-2-19-23-10-16(11-24-19)21(28)27-9-3-4-15(13-27)20-18(12-25-26-20)14-5-7-17(22)8-6-14/h5-8,10-12,15H,2-4,9,13H2,1H3,(H,25,26). The van der Waals surface area contributed by atoms with Crippen molar-refractivity contribution in [2.75, 3.05) is 13.1 Å². The van der Waals surface area contributed by atoms with E-state index < -0.39 is 0 Å². The lowest BCUT2D eigenvalue weighted by Gasteiger charge is -2.32. The average molecular weight is 379 g/mol. The van der Waals surface area contributed by atoms with E-state index in [9.17, 15) is 9.18 Å². The molecule has 4 rings (SSSR count). The fourth-order valence-corrected chi connectivity index (χ4v) is 3.69. The Morgan fingerprint density at radius 3 is 2.68 bits per heavy atom. The first kappa shape index (κ1) is 18.3. The second-order valence-electron chi connectivity index (χ2n) is 7.04. The number of aromatic amines is 1. The van der Waals surface area contributed by atoms with Crippen LogP contribution < -0.4 is 0 Å². The van der Waals surface area contributed by atoms with Crippen LogP contribution in [0.15, 0.2) is 42.9 Å². The lowest BCUT2D eigenvalue weighted by Crippen LogP contribution is -2.39. The number of halogens is 1. The number of likely N-dealkylation sites (tertiary alicyclic amines) is 1. The summed E-state index contributed by atoms with van der Waals surface area (Å²) in [6.07, 6.45) is 7.60. The van der Waals surface area contributed by atoms with Crippen LogP contribution in [0.1, 0.15) is 47.6 Å². The summed E-state index contributed by atoms with van der Waals surface area (Å²) in [5, 5.41) is 7.30. The minimum Gasteiger partial charge on any atom is -0.338 e. The normalized spacial score (nSPS) is 16.9. The fraction of sp³-hybridized carbons (Fsp3) is 0.333. The maximum absolute atomic E-state index is 13.3. The molecule has 0 spiro atoms. The lowest BCUT2D eigenvalue weighted by atomic mass is 9.90. The van der Waals surface area contributed by atoms with Crippen molar-refractivity contribution >= 4 is 5.91 Å². The Balaban J connectivity index is 1.53. The van der Waals surface area contributed by atoms with Crippen LogP contribution in [-0.4, -0.2) is 44.1 Å². The number of hydrogen-bond donors (Lipinski definition) is 1. The number of carbonyl (C=O) groups excluding carboxylic acids is 1. The molecule has 1 unspecified atom stereocenters. The van der Waals surface area contributed by atoms with Crippen LogP contribution in [-0.2, 0) is 6.42 Å². The van der Waals surface area contributed by atoms with Gasteiger partial charge in [0.15, 0.2) is 0 Å². The van der Waals surface area contributed by atoms with E-state index >= 15 is 0 Å². The van der Waals surface area contributed by atoms with Crippen molar-refractivity contribution in [1.82, 2.24) is 25.1 Å². The van der Waals surface area contributed by atoms with Crippen molar-refractivity contribution in [2.24, 2.45) is 0 Å². The molecule has 1 fully saturated rings. The number of nitrogens with one attached hydrogen (secondary N) is 1. The van der Waals surface area contributed by atoms with Gasteiger partial charge in [0.25, 0.3) is 5.91 Å². The highest BCUT2D eigenvalue weighted by molar-refractivity contribution is 5.93. The molecular formula is C21H22FN5O. The third kappa shape index (κ3) is 3.65. The third-order valence-electron chi connectivity index (χ3n) is 5.21. The van der Waals surface area contributed by atoms with E-state index in [4.69, 9.17) is 0 Å². The number of nitrogens with zero attached hydrogens (tertiary/aromatic N) is 4. The van der Waals surface area contributed by atoms with Gasteiger partial charge >= 0.3 is 0 Å². The summed E-state index contributed by atoms with van der Waals surface area (Å²) in [5.74, 6) is 0.570. The van der Waals surface area contributed by atoms with E-state index in [1.807, 2.05) is 11.8 Å². The zero-order valence-corrected chi connectivity index (χ0v) is 15.7. The quantitative estimate of drug-likeness (QED) is 0.752. The van der Waals surface area contributed by atoms with Crippen LogP contribution in [0, 0.1) is 5.82 Å². The van der Waals surface area contributed by atoms with Gasteiger partial charge in [-0.15, -0.1) is 0 Å². The predicted octanol–water partition coefficient (Wildman–Crippen LogP) is 3.59. The number of aromatic nitrogens is 4. The first-order valence-electron chi connectivity index (χ1n) is 9.55. The first-order valence-corrected chi connectivity index (χ1v) is 9.55. The maximum atomic E-state index is 13.3. The Bertz CT molecular complexity index is 952. The molecule has 1 N–H and O–H groups in total. The molecule has 144 valence electrons. The first-order chi connectivity index (χ1) is 13.7. The third-order valence-corrected chi connectivity index (χ3v) is 5.21. The van der Waals surface area contributed by atoms with Crippen molar-refractivity contribution in [3.05, 3.63) is 65.8 Å². The van der Waals surface area contributed by atoms with E-state index in [1.54, 1.807) is 30.7 Å². The van der Waals surface area contributed by atoms with Gasteiger partial charge < -0.3 is 4.90 Å². The van der Waals surface area contributed by atoms with Gasteiger partial charge in [-0.05, 0) is 30.5 Å². The Morgan fingerprint density at radius 2 is 1.96 bits per heavy atom. The van der Waals surface area contributed by atoms with Gasteiger partial charge in [-0.2, -0.15) is 5.10 Å². The zero-order chi connectivity index (χ0) is 19.5. The van der Waals surface area contributed by atoms with Crippen molar-refractivity contribution in [3.63, 3.8) is 0 Å². The molecule has 0 radical (unpaired) electrons. The fourth-order valence-electron chi connectivity index (χ4n) is 3.69. The summed E-state index contributed by atoms with van der Waals surface area (Å²) in [4.78, 5) is 23.2. The van der Waals surface area contributed by atoms with E-state index in [1.165, 1.54) is 12.1 Å². The molecule has 3 heterocycles. The summed E-state index contributed by atoms with van der Waals surface area (Å²) < 4.78 is 13.3. The molecule has 3 aromatic rings. The molecule has 2 aromatic heterocycles. The Kier molecular flexibility index (Phi) is 5.14. The van der Waals surface area contributed by atoms with Crippen molar-refractivity contribution in [2.45, 2.75) is 32.1 Å². The van der Waals surface area contributed by atoms with Crippen molar-refractivity contribution in [1.29, 1.82) is 0 Å². The molecule has 1 amide bonds. The number of piperidine rings is 1. The van der Waals surface area contributed by atoms with Gasteiger partial charge in [0.05, 0.1) is 11.8 Å². The number of aryl methyl sites for hydroxylation is 1. The maximum Gasteiger partial charge on any atom is 0.257 e. The highest BCUT2D eigenvalue weighted by atomic mass is 19.1. The second kappa shape index (κ2) is 7.88. The number of hydrogen-bond acceptors (Lipinski definition) is 4. The van der Waals surface area contributed by atoms with Gasteiger partial charge in [0.2, 0.25) is 0 Å². The summed E-state index contributed by atoms with van der Waals surface area (Å²) in [6.45, 7) is 3.30. The molecule has 6 nitrogen and oxygen atoms in total. The summed E-state index contributed by atoms with van der Waals surface area (Å²) >= 11 is 0. The monoisotopic (exact) mass is 379 g/mol. The van der Waals surface area contributed by atoms with E-state index in [2.05, 4.69) is 20.2 Å². The van der Waals surface area contributed by atoms with Gasteiger partial charge in [-0.3, -0.25) is 9.89 Å². The predicted molar refractivity (Wildman–Crippen MR) is 103 cm³/mol. The summed E-state index contributed by atoms with van der Waals surface area (Å²) in [7, 11) is 0. The topological polar surface area (TPSA) is 74.8 Å². The molecule has 1 aliphatic rings. The van der Waals surface area contributed by atoms with E-state index in [0.29, 0.717) is 18.7 Å².